The molecule has 1 aliphatic heterocycles. The van der Waals surface area contributed by atoms with E-state index in [1.807, 2.05) is 24.3 Å². The second-order valence-electron chi connectivity index (χ2n) is 2.66. The molecule has 1 N–H and O–H groups in total. The van der Waals surface area contributed by atoms with Crippen LogP contribution in [0.5, 0.6) is 0 Å². The largest absolute Gasteiger partial charge is 0.392 e. The molecule has 2 rings (SSSR count). The summed E-state index contributed by atoms with van der Waals surface area (Å²) in [5, 5.41) is 8.82. The average molecular weight is 147 g/mol. The first kappa shape index (κ1) is 6.55. The maximum absolute atomic E-state index is 8.82. The first-order valence-corrected chi connectivity index (χ1v) is 3.64. The van der Waals surface area contributed by atoms with Gasteiger partial charge < -0.3 is 5.11 Å². The van der Waals surface area contributed by atoms with Crippen LogP contribution in [-0.2, 0) is 0 Å². The Kier molecular flexibility index (Phi) is 1.47. The third-order valence-corrected chi connectivity index (χ3v) is 1.89. The van der Waals surface area contributed by atoms with Gasteiger partial charge in [-0.05, 0) is 11.6 Å². The van der Waals surface area contributed by atoms with Crippen molar-refractivity contribution >= 4 is 5.71 Å². The van der Waals surface area contributed by atoms with Crippen molar-refractivity contribution in [3.05, 3.63) is 36.1 Å². The van der Waals surface area contributed by atoms with Crippen molar-refractivity contribution in [1.82, 2.24) is 0 Å². The van der Waals surface area contributed by atoms with Crippen molar-refractivity contribution < 1.29 is 5.11 Å². The van der Waals surface area contributed by atoms with Crippen LogP contribution >= 0.6 is 0 Å². The smallest absolute Gasteiger partial charge is 0.0682 e. The van der Waals surface area contributed by atoms with Crippen molar-refractivity contribution in [3.8, 4) is 0 Å². The molecule has 0 saturated heterocycles. The van der Waals surface area contributed by atoms with Crippen LogP contribution in [-0.4, -0.2) is 17.4 Å². The highest BCUT2D eigenvalue weighted by molar-refractivity contribution is 6.02. The highest BCUT2D eigenvalue weighted by atomic mass is 16.3. The molecule has 0 aromatic rings. The van der Waals surface area contributed by atoms with Gasteiger partial charge in [0.2, 0.25) is 0 Å². The Morgan fingerprint density at radius 3 is 3.18 bits per heavy atom. The minimum atomic E-state index is 0.0994. The van der Waals surface area contributed by atoms with Crippen LogP contribution in [0.2, 0.25) is 0 Å². The van der Waals surface area contributed by atoms with E-state index in [2.05, 4.69) is 4.99 Å². The lowest BCUT2D eigenvalue weighted by Crippen LogP contribution is -2.09. The summed E-state index contributed by atoms with van der Waals surface area (Å²) in [7, 11) is 0. The number of allylic oxidation sites excluding steroid dienone is 3. The first-order chi connectivity index (χ1) is 5.40. The predicted octanol–water partition coefficient (Wildman–Crippen LogP) is 1.06. The summed E-state index contributed by atoms with van der Waals surface area (Å²) in [5.41, 5.74) is 1.97. The third-order valence-electron chi connectivity index (χ3n) is 1.89. The molecular weight excluding hydrogens is 138 g/mol. The highest BCUT2D eigenvalue weighted by Crippen LogP contribution is 2.19. The summed E-state index contributed by atoms with van der Waals surface area (Å²) >= 11 is 0. The molecule has 0 fully saturated rings. The number of rotatable bonds is 1. The fourth-order valence-electron chi connectivity index (χ4n) is 1.27. The quantitative estimate of drug-likeness (QED) is 0.591. The molecule has 1 atom stereocenters. The zero-order valence-electron chi connectivity index (χ0n) is 6.07. The zero-order chi connectivity index (χ0) is 7.68. The van der Waals surface area contributed by atoms with E-state index in [9.17, 15) is 0 Å². The molecule has 0 spiro atoms. The van der Waals surface area contributed by atoms with Crippen molar-refractivity contribution in [2.45, 2.75) is 0 Å². The summed E-state index contributed by atoms with van der Waals surface area (Å²) in [6.07, 6.45) is 9.77. The van der Waals surface area contributed by atoms with Crippen molar-refractivity contribution in [2.75, 3.05) is 6.61 Å². The predicted molar refractivity (Wildman–Crippen MR) is 44.4 cm³/mol. The molecule has 0 aromatic carbocycles. The Bertz CT molecular complexity index is 284. The Labute approximate surface area is 65.3 Å². The van der Waals surface area contributed by atoms with Gasteiger partial charge in [-0.25, -0.2) is 0 Å². The van der Waals surface area contributed by atoms with Gasteiger partial charge in [0, 0.05) is 12.1 Å². The molecule has 56 valence electrons. The lowest BCUT2D eigenvalue weighted by molar-refractivity contribution is 0.335. The molecule has 0 bridgehead atoms. The normalized spacial score (nSPS) is 26.5. The fourth-order valence-corrected chi connectivity index (χ4v) is 1.27. The zero-order valence-corrected chi connectivity index (χ0v) is 6.07. The van der Waals surface area contributed by atoms with Crippen LogP contribution < -0.4 is 0 Å². The Hall–Kier alpha value is -1.15. The Balaban J connectivity index is 2.29. The molecule has 0 unspecified atom stereocenters. The van der Waals surface area contributed by atoms with Gasteiger partial charge in [-0.2, -0.15) is 0 Å². The summed E-state index contributed by atoms with van der Waals surface area (Å²) in [6, 6.07) is 0. The van der Waals surface area contributed by atoms with E-state index in [1.54, 1.807) is 6.20 Å². The topological polar surface area (TPSA) is 32.6 Å². The minimum absolute atomic E-state index is 0.0994. The molecule has 1 aliphatic carbocycles. The maximum Gasteiger partial charge on any atom is 0.0682 e. The number of aliphatic hydroxyl groups is 1. The minimum Gasteiger partial charge on any atom is -0.392 e. The summed E-state index contributed by atoms with van der Waals surface area (Å²) in [4.78, 5) is 4.15. The van der Waals surface area contributed by atoms with Crippen LogP contribution in [0.1, 0.15) is 0 Å². The number of aliphatic imine (C=N–C) groups is 1. The average Bonchev–Trinajstić information content (AvgIpc) is 2.50. The van der Waals surface area contributed by atoms with E-state index in [4.69, 9.17) is 5.11 Å². The highest BCUT2D eigenvalue weighted by Gasteiger charge is 2.14. The molecular formula is C9H9NO. The van der Waals surface area contributed by atoms with Crippen molar-refractivity contribution in [3.63, 3.8) is 0 Å². The van der Waals surface area contributed by atoms with Crippen LogP contribution in [0.3, 0.4) is 0 Å². The third kappa shape index (κ3) is 1.05. The van der Waals surface area contributed by atoms with E-state index in [1.165, 1.54) is 0 Å². The second-order valence-corrected chi connectivity index (χ2v) is 2.66. The second kappa shape index (κ2) is 2.47. The van der Waals surface area contributed by atoms with Gasteiger partial charge in [0.1, 0.15) is 0 Å². The molecule has 0 saturated carbocycles. The number of hydrogen-bond acceptors (Lipinski definition) is 2. The lowest BCUT2D eigenvalue weighted by Gasteiger charge is -2.09. The SMILES string of the molecule is OCC1=CC2=NC=C[C@H]2C=C1. The van der Waals surface area contributed by atoms with Crippen LogP contribution in [0.15, 0.2) is 41.1 Å². The maximum atomic E-state index is 8.82. The molecule has 11 heavy (non-hydrogen) atoms. The molecule has 2 nitrogen and oxygen atoms in total. The molecule has 1 heterocycles. The monoisotopic (exact) mass is 147 g/mol. The van der Waals surface area contributed by atoms with Crippen molar-refractivity contribution in [1.29, 1.82) is 0 Å². The van der Waals surface area contributed by atoms with E-state index in [-0.39, 0.29) is 6.61 Å². The number of fused-ring (bicyclic) bond motifs is 1. The summed E-state index contributed by atoms with van der Waals surface area (Å²) in [5.74, 6) is 0.352. The van der Waals surface area contributed by atoms with Gasteiger partial charge >= 0.3 is 0 Å². The van der Waals surface area contributed by atoms with Gasteiger partial charge in [0.05, 0.1) is 12.3 Å². The lowest BCUT2D eigenvalue weighted by atomic mass is 9.96. The Morgan fingerprint density at radius 1 is 1.45 bits per heavy atom. The van der Waals surface area contributed by atoms with Gasteiger partial charge in [0.15, 0.2) is 0 Å². The molecule has 0 aromatic heterocycles. The fraction of sp³-hybridized carbons (Fsp3) is 0.222. The Morgan fingerprint density at radius 2 is 2.36 bits per heavy atom. The number of hydrogen-bond donors (Lipinski definition) is 1. The molecule has 2 aliphatic rings. The van der Waals surface area contributed by atoms with Crippen LogP contribution in [0.25, 0.3) is 0 Å². The number of nitrogens with zero attached hydrogens (tertiary/aromatic N) is 1. The van der Waals surface area contributed by atoms with Gasteiger partial charge in [0.25, 0.3) is 0 Å². The van der Waals surface area contributed by atoms with Gasteiger partial charge in [-0.1, -0.05) is 18.2 Å². The van der Waals surface area contributed by atoms with E-state index < -0.39 is 0 Å². The summed E-state index contributed by atoms with van der Waals surface area (Å²) in [6.45, 7) is 0.0994. The van der Waals surface area contributed by atoms with E-state index in [0.717, 1.165) is 11.3 Å². The van der Waals surface area contributed by atoms with Crippen LogP contribution in [0.4, 0.5) is 0 Å². The molecule has 0 radical (unpaired) electrons. The molecule has 0 amide bonds. The van der Waals surface area contributed by atoms with Gasteiger partial charge in [-0.15, -0.1) is 0 Å². The van der Waals surface area contributed by atoms with E-state index >= 15 is 0 Å². The number of aliphatic hydroxyl groups excluding tert-OH is 1. The first-order valence-electron chi connectivity index (χ1n) is 3.64. The standard InChI is InChI=1S/C9H9NO/c11-6-7-1-2-8-3-4-10-9(8)5-7/h1-5,8,11H,6H2/t8-/m1/s1. The summed E-state index contributed by atoms with van der Waals surface area (Å²) < 4.78 is 0. The van der Waals surface area contributed by atoms with Crippen LogP contribution in [0, 0.1) is 5.92 Å². The van der Waals surface area contributed by atoms with E-state index in [0.29, 0.717) is 5.92 Å². The van der Waals surface area contributed by atoms with Crippen molar-refractivity contribution in [2.24, 2.45) is 10.9 Å². The van der Waals surface area contributed by atoms with Gasteiger partial charge in [-0.3, -0.25) is 4.99 Å². The molecule has 2 heteroatoms.